The molecule has 2 fully saturated rings. The minimum Gasteiger partial charge on any atom is -0.335 e. The van der Waals surface area contributed by atoms with Gasteiger partial charge in [0, 0.05) is 50.6 Å². The Morgan fingerprint density at radius 3 is 1.58 bits per heavy atom. The van der Waals surface area contributed by atoms with Gasteiger partial charge in [-0.2, -0.15) is 0 Å². The van der Waals surface area contributed by atoms with Crippen molar-refractivity contribution in [3.63, 3.8) is 0 Å². The molecule has 6 aliphatic rings. The predicted molar refractivity (Wildman–Crippen MR) is 306 cm³/mol. The highest BCUT2D eigenvalue weighted by Gasteiger charge is 2.63. The maximum absolute atomic E-state index is 2.95. The van der Waals surface area contributed by atoms with Gasteiger partial charge in [0.15, 0.2) is 0 Å². The smallest absolute Gasteiger partial charge is 0.252 e. The van der Waals surface area contributed by atoms with Gasteiger partial charge >= 0.3 is 0 Å². The molecule has 3 nitrogen and oxygen atoms in total. The van der Waals surface area contributed by atoms with E-state index in [1.165, 1.54) is 139 Å². The third-order valence-electron chi connectivity index (χ3n) is 19.7. The summed E-state index contributed by atoms with van der Waals surface area (Å²) in [6.45, 7) is 17.8. The van der Waals surface area contributed by atoms with E-state index in [9.17, 15) is 0 Å². The predicted octanol–water partition coefficient (Wildman–Crippen LogP) is 16.1. The van der Waals surface area contributed by atoms with Gasteiger partial charge < -0.3 is 14.7 Å². The van der Waals surface area contributed by atoms with Crippen LogP contribution in [0.2, 0.25) is 0 Å². The fraction of sp³-hybridized carbons (Fsp3) is 0.294. The molecule has 2 saturated carbocycles. The highest BCUT2D eigenvalue weighted by molar-refractivity contribution is 7.00. The Bertz CT molecular complexity index is 3500. The fourth-order valence-electron chi connectivity index (χ4n) is 15.4. The number of benzene rings is 8. The van der Waals surface area contributed by atoms with E-state index in [0.29, 0.717) is 0 Å². The maximum atomic E-state index is 2.95. The monoisotopic (exact) mass is 936 g/mol. The summed E-state index contributed by atoms with van der Waals surface area (Å²) in [6.07, 6.45) is 9.66. The van der Waals surface area contributed by atoms with E-state index in [1.807, 2.05) is 0 Å². The standard InChI is InChI=1S/C68H66BN3/c1-64(2,3)51-41-55-63-57(42-51)69-56-32-30-50(47-26-15-10-16-27-47)40-59(56)70(52-29-21-28-48(38-52)45-22-11-8-12-23-45)60-43-53(44-61(62(60)69)72(63)68(7)37-20-18-35-66(55,68)5)71-58-33-31-49(46-24-13-9-14-25-46)39-54(58)65(4)34-17-19-36-67(65,71)6/h8-16,21-33,38-44H,17-20,34-37H2,1-7H3. The van der Waals surface area contributed by atoms with Crippen LogP contribution in [0.15, 0.2) is 176 Å². The van der Waals surface area contributed by atoms with Crippen LogP contribution in [0.5, 0.6) is 0 Å². The normalized spacial score (nSPS) is 24.3. The maximum Gasteiger partial charge on any atom is 0.252 e. The second-order valence-corrected chi connectivity index (χ2v) is 24.3. The Kier molecular flexibility index (Phi) is 9.39. The van der Waals surface area contributed by atoms with Gasteiger partial charge in [-0.3, -0.25) is 0 Å². The van der Waals surface area contributed by atoms with Gasteiger partial charge in [0.25, 0.3) is 6.71 Å². The quantitative estimate of drug-likeness (QED) is 0.159. The largest absolute Gasteiger partial charge is 0.335 e. The number of fused-ring (bicyclic) bond motifs is 10. The number of rotatable bonds is 5. The van der Waals surface area contributed by atoms with E-state index in [2.05, 4.69) is 239 Å². The molecule has 0 radical (unpaired) electrons. The lowest BCUT2D eigenvalue weighted by Gasteiger charge is -2.53. The van der Waals surface area contributed by atoms with Crippen LogP contribution in [-0.4, -0.2) is 17.8 Å². The average Bonchev–Trinajstić information content (AvgIpc) is 3.75. The van der Waals surface area contributed by atoms with Crippen molar-refractivity contribution >= 4 is 62.9 Å². The molecule has 0 saturated heterocycles. The summed E-state index contributed by atoms with van der Waals surface area (Å²) in [5, 5.41) is 0. The van der Waals surface area contributed by atoms with Crippen LogP contribution in [0.4, 0.5) is 39.8 Å². The van der Waals surface area contributed by atoms with Crippen molar-refractivity contribution in [2.45, 2.75) is 127 Å². The van der Waals surface area contributed by atoms with Gasteiger partial charge in [-0.1, -0.05) is 194 Å². The second-order valence-electron chi connectivity index (χ2n) is 24.3. The number of hydrogen-bond acceptors (Lipinski definition) is 3. The molecule has 4 aliphatic heterocycles. The minimum atomic E-state index is -0.137. The molecular weight excluding hydrogens is 870 g/mol. The summed E-state index contributed by atoms with van der Waals surface area (Å²) in [7, 11) is 0. The fourth-order valence-corrected chi connectivity index (χ4v) is 15.4. The first-order valence-electron chi connectivity index (χ1n) is 27.1. The molecule has 4 atom stereocenters. The third kappa shape index (κ3) is 5.93. The van der Waals surface area contributed by atoms with E-state index in [-0.39, 0.29) is 34.0 Å². The van der Waals surface area contributed by atoms with Gasteiger partial charge in [0.05, 0.1) is 11.1 Å². The van der Waals surface area contributed by atoms with Crippen LogP contribution in [-0.2, 0) is 16.2 Å². The lowest BCUT2D eigenvalue weighted by Crippen LogP contribution is -2.64. The SMILES string of the molecule is CC(C)(C)c1cc2c3c(c1)C1(C)CCCCC1(C)N3c1cc(N3c4ccc(-c5ccccc5)cc4C4(C)CCCCC34C)cc3c1B2c1ccc(-c2ccccc2)cc1N3c1cccc(-c2ccccc2)c1. The molecule has 2 aliphatic carbocycles. The first-order valence-corrected chi connectivity index (χ1v) is 27.1. The lowest BCUT2D eigenvalue weighted by atomic mass is 9.33. The molecule has 0 bridgehead atoms. The molecule has 14 rings (SSSR count). The first-order chi connectivity index (χ1) is 34.8. The molecule has 72 heavy (non-hydrogen) atoms. The topological polar surface area (TPSA) is 9.72 Å². The van der Waals surface area contributed by atoms with Crippen molar-refractivity contribution in [3.05, 3.63) is 193 Å². The zero-order valence-corrected chi connectivity index (χ0v) is 43.3. The molecule has 0 spiro atoms. The summed E-state index contributed by atoms with van der Waals surface area (Å²) in [5.41, 5.74) is 25.3. The van der Waals surface area contributed by atoms with E-state index in [0.717, 1.165) is 12.8 Å². The second kappa shape index (κ2) is 15.4. The van der Waals surface area contributed by atoms with Crippen LogP contribution < -0.4 is 31.1 Å². The molecule has 8 aromatic rings. The molecule has 0 N–H and O–H groups in total. The molecular formula is C68H66BN3. The molecule has 4 heterocycles. The zero-order chi connectivity index (χ0) is 48.9. The molecule has 356 valence electrons. The molecule has 4 heteroatoms. The highest BCUT2D eigenvalue weighted by Crippen LogP contribution is 2.65. The Morgan fingerprint density at radius 2 is 0.944 bits per heavy atom. The van der Waals surface area contributed by atoms with Gasteiger partial charge in [-0.25, -0.2) is 0 Å². The summed E-state index contributed by atoms with van der Waals surface area (Å²) in [5.74, 6) is 0. The van der Waals surface area contributed by atoms with Gasteiger partial charge in [0.1, 0.15) is 0 Å². The summed E-state index contributed by atoms with van der Waals surface area (Å²) in [6, 6.07) is 68.0. The molecule has 0 aromatic heterocycles. The van der Waals surface area contributed by atoms with Crippen molar-refractivity contribution in [1.82, 2.24) is 0 Å². The minimum absolute atomic E-state index is 0.0152. The summed E-state index contributed by atoms with van der Waals surface area (Å²) >= 11 is 0. The summed E-state index contributed by atoms with van der Waals surface area (Å²) in [4.78, 5) is 8.49. The Morgan fingerprint density at radius 1 is 0.403 bits per heavy atom. The number of hydrogen-bond donors (Lipinski definition) is 0. The number of anilines is 7. The van der Waals surface area contributed by atoms with E-state index >= 15 is 0 Å². The van der Waals surface area contributed by atoms with Gasteiger partial charge in [-0.15, -0.1) is 0 Å². The Labute approximate surface area is 428 Å². The number of nitrogens with zero attached hydrogens (tertiary/aromatic N) is 3. The molecule has 0 amide bonds. The molecule has 8 aromatic carbocycles. The zero-order valence-electron chi connectivity index (χ0n) is 43.3. The van der Waals surface area contributed by atoms with Crippen molar-refractivity contribution < 1.29 is 0 Å². The van der Waals surface area contributed by atoms with Crippen molar-refractivity contribution in [2.24, 2.45) is 0 Å². The Balaban J connectivity index is 1.10. The first kappa shape index (κ1) is 44.0. The van der Waals surface area contributed by atoms with Crippen LogP contribution >= 0.6 is 0 Å². The summed E-state index contributed by atoms with van der Waals surface area (Å²) < 4.78 is 0. The van der Waals surface area contributed by atoms with Crippen LogP contribution in [0, 0.1) is 0 Å². The van der Waals surface area contributed by atoms with E-state index < -0.39 is 0 Å². The van der Waals surface area contributed by atoms with Crippen LogP contribution in [0.3, 0.4) is 0 Å². The average molecular weight is 936 g/mol. The van der Waals surface area contributed by atoms with Gasteiger partial charge in [0.2, 0.25) is 0 Å². The Hall–Kier alpha value is -6.78. The van der Waals surface area contributed by atoms with Crippen LogP contribution in [0.1, 0.15) is 117 Å². The van der Waals surface area contributed by atoms with Gasteiger partial charge in [-0.05, 0) is 154 Å². The van der Waals surface area contributed by atoms with E-state index in [4.69, 9.17) is 0 Å². The van der Waals surface area contributed by atoms with E-state index in [1.54, 1.807) is 5.56 Å². The van der Waals surface area contributed by atoms with Crippen molar-refractivity contribution in [1.29, 1.82) is 0 Å². The van der Waals surface area contributed by atoms with Crippen LogP contribution in [0.25, 0.3) is 33.4 Å². The van der Waals surface area contributed by atoms with Crippen molar-refractivity contribution in [2.75, 3.05) is 14.7 Å². The third-order valence-corrected chi connectivity index (χ3v) is 19.7. The highest BCUT2D eigenvalue weighted by atomic mass is 15.3. The van der Waals surface area contributed by atoms with Crippen molar-refractivity contribution in [3.8, 4) is 33.4 Å². The molecule has 4 unspecified atom stereocenters. The lowest BCUT2D eigenvalue weighted by molar-refractivity contribution is 0.194.